The normalized spacial score (nSPS) is 15.2. The van der Waals surface area contributed by atoms with E-state index in [4.69, 9.17) is 9.47 Å². The number of nitrogens with zero attached hydrogens (tertiary/aromatic N) is 2. The van der Waals surface area contributed by atoms with E-state index in [2.05, 4.69) is 0 Å². The molecule has 0 spiro atoms. The predicted molar refractivity (Wildman–Crippen MR) is 106 cm³/mol. The molecule has 28 heavy (non-hydrogen) atoms. The van der Waals surface area contributed by atoms with Gasteiger partial charge in [0.1, 0.15) is 11.4 Å². The largest absolute Gasteiger partial charge is 0.444 e. The Bertz CT molecular complexity index is 882. The molecule has 0 N–H and O–H groups in total. The second kappa shape index (κ2) is 8.05. The molecule has 0 atom stereocenters. The van der Waals surface area contributed by atoms with Crippen LogP contribution >= 0.6 is 11.3 Å². The first-order valence-corrected chi connectivity index (χ1v) is 9.99. The summed E-state index contributed by atoms with van der Waals surface area (Å²) in [5.41, 5.74) is 0.0282. The molecule has 0 aliphatic carbocycles. The van der Waals surface area contributed by atoms with Crippen molar-refractivity contribution in [2.75, 3.05) is 33.3 Å². The number of amides is 2. The first-order valence-electron chi connectivity index (χ1n) is 9.17. The van der Waals surface area contributed by atoms with Crippen LogP contribution in [-0.2, 0) is 16.1 Å². The molecule has 1 aliphatic heterocycles. The Kier molecular flexibility index (Phi) is 5.90. The predicted octanol–water partition coefficient (Wildman–Crippen LogP) is 3.88. The molecule has 2 aromatic rings. The van der Waals surface area contributed by atoms with Crippen LogP contribution in [0.1, 0.15) is 36.0 Å². The Morgan fingerprint density at radius 1 is 1.14 bits per heavy atom. The molecule has 2 amide bonds. The number of rotatable bonds is 3. The van der Waals surface area contributed by atoms with Gasteiger partial charge in [-0.3, -0.25) is 4.79 Å². The van der Waals surface area contributed by atoms with E-state index >= 15 is 0 Å². The Morgan fingerprint density at radius 2 is 1.79 bits per heavy atom. The highest BCUT2D eigenvalue weighted by Gasteiger charge is 2.30. The maximum Gasteiger partial charge on any atom is 0.410 e. The third-order valence-electron chi connectivity index (χ3n) is 4.46. The SMILES string of the molecule is COCc1c(C(=O)N2CCN(C(=O)OC(C)(C)C)CC2)sc2cccc(F)c12. The Labute approximate surface area is 167 Å². The number of methoxy groups -OCH3 is 1. The van der Waals surface area contributed by atoms with Gasteiger partial charge in [0, 0.05) is 48.9 Å². The lowest BCUT2D eigenvalue weighted by Gasteiger charge is -2.35. The summed E-state index contributed by atoms with van der Waals surface area (Å²) in [7, 11) is 1.53. The van der Waals surface area contributed by atoms with Crippen LogP contribution in [0.3, 0.4) is 0 Å². The number of carbonyl (C=O) groups excluding carboxylic acids is 2. The number of hydrogen-bond donors (Lipinski definition) is 0. The Morgan fingerprint density at radius 3 is 2.39 bits per heavy atom. The minimum atomic E-state index is -0.555. The van der Waals surface area contributed by atoms with Gasteiger partial charge in [-0.05, 0) is 32.9 Å². The molecule has 1 aliphatic rings. The average Bonchev–Trinajstić information content (AvgIpc) is 3.00. The molecular formula is C20H25FN2O4S. The highest BCUT2D eigenvalue weighted by atomic mass is 32.1. The van der Waals surface area contributed by atoms with E-state index in [9.17, 15) is 14.0 Å². The lowest BCUT2D eigenvalue weighted by Crippen LogP contribution is -2.51. The molecule has 1 saturated heterocycles. The number of halogens is 1. The zero-order valence-corrected chi connectivity index (χ0v) is 17.4. The summed E-state index contributed by atoms with van der Waals surface area (Å²) in [6.07, 6.45) is -0.372. The molecule has 0 saturated carbocycles. The van der Waals surface area contributed by atoms with Crippen LogP contribution in [0.15, 0.2) is 18.2 Å². The first-order chi connectivity index (χ1) is 13.2. The minimum absolute atomic E-state index is 0.156. The van der Waals surface area contributed by atoms with Crippen LogP contribution in [0.5, 0.6) is 0 Å². The quantitative estimate of drug-likeness (QED) is 0.773. The standard InChI is InChI=1S/C20H25FN2O4S/c1-20(2,3)27-19(25)23-10-8-22(9-11-23)18(24)17-13(12-26-4)16-14(21)6-5-7-15(16)28-17/h5-7H,8-12H2,1-4H3. The van der Waals surface area contributed by atoms with Gasteiger partial charge in [-0.25, -0.2) is 9.18 Å². The highest BCUT2D eigenvalue weighted by molar-refractivity contribution is 7.21. The van der Waals surface area contributed by atoms with Crippen molar-refractivity contribution < 1.29 is 23.5 Å². The Balaban J connectivity index is 1.76. The first kappa shape index (κ1) is 20.5. The summed E-state index contributed by atoms with van der Waals surface area (Å²) < 4.78 is 25.7. The number of piperazine rings is 1. The van der Waals surface area contributed by atoms with Gasteiger partial charge >= 0.3 is 6.09 Å². The van der Waals surface area contributed by atoms with Gasteiger partial charge in [-0.15, -0.1) is 11.3 Å². The average molecular weight is 408 g/mol. The molecule has 0 radical (unpaired) electrons. The van der Waals surface area contributed by atoms with E-state index < -0.39 is 5.60 Å². The maximum absolute atomic E-state index is 14.3. The second-order valence-electron chi connectivity index (χ2n) is 7.72. The van der Waals surface area contributed by atoms with Gasteiger partial charge in [-0.1, -0.05) is 6.07 Å². The molecule has 2 heterocycles. The van der Waals surface area contributed by atoms with Crippen molar-refractivity contribution in [3.05, 3.63) is 34.5 Å². The molecule has 152 valence electrons. The number of thiophene rings is 1. The summed E-state index contributed by atoms with van der Waals surface area (Å²) in [4.78, 5) is 29.1. The summed E-state index contributed by atoms with van der Waals surface area (Å²) >= 11 is 1.28. The van der Waals surface area contributed by atoms with Crippen LogP contribution in [-0.4, -0.2) is 60.7 Å². The number of ether oxygens (including phenoxy) is 2. The lowest BCUT2D eigenvalue weighted by atomic mass is 10.1. The van der Waals surface area contributed by atoms with Gasteiger partial charge in [0.05, 0.1) is 11.5 Å². The smallest absolute Gasteiger partial charge is 0.410 e. The van der Waals surface area contributed by atoms with Crippen molar-refractivity contribution in [1.82, 2.24) is 9.80 Å². The topological polar surface area (TPSA) is 59.1 Å². The molecule has 1 aromatic carbocycles. The fourth-order valence-corrected chi connectivity index (χ4v) is 4.37. The van der Waals surface area contributed by atoms with E-state index in [1.165, 1.54) is 24.5 Å². The summed E-state index contributed by atoms with van der Waals surface area (Å²) in [5.74, 6) is -0.508. The number of hydrogen-bond acceptors (Lipinski definition) is 5. The van der Waals surface area contributed by atoms with E-state index in [0.717, 1.165) is 4.70 Å². The summed E-state index contributed by atoms with van der Waals surface area (Å²) in [5, 5.41) is 0.449. The van der Waals surface area contributed by atoms with Gasteiger partial charge in [-0.2, -0.15) is 0 Å². The Hall–Kier alpha value is -2.19. The van der Waals surface area contributed by atoms with Crippen molar-refractivity contribution >= 4 is 33.4 Å². The van der Waals surface area contributed by atoms with Crippen molar-refractivity contribution in [3.8, 4) is 0 Å². The van der Waals surface area contributed by atoms with Crippen molar-refractivity contribution in [1.29, 1.82) is 0 Å². The van der Waals surface area contributed by atoms with Gasteiger partial charge < -0.3 is 19.3 Å². The van der Waals surface area contributed by atoms with Crippen LogP contribution in [0.4, 0.5) is 9.18 Å². The maximum atomic E-state index is 14.3. The van der Waals surface area contributed by atoms with Gasteiger partial charge in [0.25, 0.3) is 5.91 Å². The fourth-order valence-electron chi connectivity index (χ4n) is 3.18. The third kappa shape index (κ3) is 4.28. The van der Waals surface area contributed by atoms with E-state index in [-0.39, 0.29) is 24.4 Å². The number of carbonyl (C=O) groups is 2. The molecule has 6 nitrogen and oxygen atoms in total. The van der Waals surface area contributed by atoms with Crippen molar-refractivity contribution in [2.24, 2.45) is 0 Å². The third-order valence-corrected chi connectivity index (χ3v) is 5.65. The van der Waals surface area contributed by atoms with Crippen molar-refractivity contribution in [3.63, 3.8) is 0 Å². The number of fused-ring (bicyclic) bond motifs is 1. The molecule has 3 rings (SSSR count). The van der Waals surface area contributed by atoms with E-state index in [0.29, 0.717) is 42.0 Å². The molecule has 8 heteroatoms. The van der Waals surface area contributed by atoms with Crippen LogP contribution in [0.2, 0.25) is 0 Å². The van der Waals surface area contributed by atoms with Crippen LogP contribution in [0, 0.1) is 5.82 Å². The van der Waals surface area contributed by atoms with E-state index in [1.807, 2.05) is 20.8 Å². The van der Waals surface area contributed by atoms with E-state index in [1.54, 1.807) is 21.9 Å². The summed E-state index contributed by atoms with van der Waals surface area (Å²) in [6.45, 7) is 7.25. The molecule has 1 aromatic heterocycles. The second-order valence-corrected chi connectivity index (χ2v) is 8.77. The summed E-state index contributed by atoms with van der Waals surface area (Å²) in [6, 6.07) is 4.83. The zero-order valence-electron chi connectivity index (χ0n) is 16.6. The molecule has 0 unspecified atom stereocenters. The highest BCUT2D eigenvalue weighted by Crippen LogP contribution is 2.34. The van der Waals surface area contributed by atoms with Crippen LogP contribution < -0.4 is 0 Å². The molecule has 1 fully saturated rings. The zero-order chi connectivity index (χ0) is 20.5. The number of benzene rings is 1. The van der Waals surface area contributed by atoms with Crippen LogP contribution in [0.25, 0.3) is 10.1 Å². The van der Waals surface area contributed by atoms with Gasteiger partial charge in [0.15, 0.2) is 0 Å². The fraction of sp³-hybridized carbons (Fsp3) is 0.500. The monoisotopic (exact) mass is 408 g/mol. The lowest BCUT2D eigenvalue weighted by molar-refractivity contribution is 0.0141. The molecule has 0 bridgehead atoms. The van der Waals surface area contributed by atoms with Gasteiger partial charge in [0.2, 0.25) is 0 Å². The van der Waals surface area contributed by atoms with Crippen molar-refractivity contribution in [2.45, 2.75) is 33.0 Å². The molecular weight excluding hydrogens is 383 g/mol. The minimum Gasteiger partial charge on any atom is -0.444 e.